The van der Waals surface area contributed by atoms with E-state index in [0.29, 0.717) is 5.69 Å². The van der Waals surface area contributed by atoms with Gasteiger partial charge in [0.05, 0.1) is 12.3 Å². The molecule has 0 aliphatic heterocycles. The van der Waals surface area contributed by atoms with Gasteiger partial charge in [-0.05, 0) is 50.8 Å². The Morgan fingerprint density at radius 2 is 2.22 bits per heavy atom. The quantitative estimate of drug-likeness (QED) is 0.860. The summed E-state index contributed by atoms with van der Waals surface area (Å²) in [5.41, 5.74) is 3.60. The zero-order chi connectivity index (χ0) is 16.4. The molecule has 1 aromatic heterocycles. The Morgan fingerprint density at radius 3 is 2.96 bits per heavy atom. The van der Waals surface area contributed by atoms with Crippen molar-refractivity contribution in [3.8, 4) is 5.69 Å². The first-order chi connectivity index (χ1) is 11.1. The molecule has 0 saturated heterocycles. The maximum atomic E-state index is 12.5. The smallest absolute Gasteiger partial charge is 0.272 e. The SMILES string of the molecule is CC(CO)NC(=O)c1nn(-c2cccc(Br)c2)c2c1CCCC2. The number of halogens is 1. The lowest BCUT2D eigenvalue weighted by atomic mass is 9.95. The summed E-state index contributed by atoms with van der Waals surface area (Å²) in [6.45, 7) is 1.69. The van der Waals surface area contributed by atoms with Gasteiger partial charge in [-0.25, -0.2) is 4.68 Å². The molecule has 1 heterocycles. The van der Waals surface area contributed by atoms with Gasteiger partial charge in [0.1, 0.15) is 0 Å². The van der Waals surface area contributed by atoms with Crippen molar-refractivity contribution >= 4 is 21.8 Å². The van der Waals surface area contributed by atoms with E-state index in [0.717, 1.165) is 47.1 Å². The van der Waals surface area contributed by atoms with Crippen molar-refractivity contribution < 1.29 is 9.90 Å². The van der Waals surface area contributed by atoms with Crippen LogP contribution in [0.3, 0.4) is 0 Å². The van der Waals surface area contributed by atoms with Gasteiger partial charge in [-0.1, -0.05) is 22.0 Å². The number of amides is 1. The Balaban J connectivity index is 2.03. The van der Waals surface area contributed by atoms with Gasteiger partial charge in [0.25, 0.3) is 5.91 Å². The van der Waals surface area contributed by atoms with Gasteiger partial charge in [0.2, 0.25) is 0 Å². The summed E-state index contributed by atoms with van der Waals surface area (Å²) in [5, 5.41) is 16.5. The number of nitrogens with one attached hydrogen (secondary N) is 1. The highest BCUT2D eigenvalue weighted by Gasteiger charge is 2.26. The number of fused-ring (bicyclic) bond motifs is 1. The van der Waals surface area contributed by atoms with Gasteiger partial charge in [-0.15, -0.1) is 0 Å². The van der Waals surface area contributed by atoms with Crippen LogP contribution in [0.15, 0.2) is 28.7 Å². The molecule has 122 valence electrons. The van der Waals surface area contributed by atoms with Crippen LogP contribution in [0.1, 0.15) is 41.5 Å². The zero-order valence-corrected chi connectivity index (χ0v) is 14.6. The lowest BCUT2D eigenvalue weighted by molar-refractivity contribution is 0.0916. The van der Waals surface area contributed by atoms with Crippen molar-refractivity contribution in [1.82, 2.24) is 15.1 Å². The molecular weight excluding hydrogens is 358 g/mol. The van der Waals surface area contributed by atoms with E-state index in [4.69, 9.17) is 5.11 Å². The molecule has 23 heavy (non-hydrogen) atoms. The maximum Gasteiger partial charge on any atom is 0.272 e. The van der Waals surface area contributed by atoms with E-state index < -0.39 is 0 Å². The first-order valence-corrected chi connectivity index (χ1v) is 8.68. The molecule has 5 nitrogen and oxygen atoms in total. The first kappa shape index (κ1) is 16.2. The van der Waals surface area contributed by atoms with Crippen LogP contribution < -0.4 is 5.32 Å². The molecule has 1 aliphatic rings. The largest absolute Gasteiger partial charge is 0.394 e. The highest BCUT2D eigenvalue weighted by Crippen LogP contribution is 2.27. The molecule has 1 unspecified atom stereocenters. The van der Waals surface area contributed by atoms with Crippen LogP contribution in [0.4, 0.5) is 0 Å². The summed E-state index contributed by atoms with van der Waals surface area (Å²) in [4.78, 5) is 12.5. The monoisotopic (exact) mass is 377 g/mol. The number of benzene rings is 1. The van der Waals surface area contributed by atoms with Crippen LogP contribution in [-0.4, -0.2) is 33.4 Å². The molecule has 3 rings (SSSR count). The summed E-state index contributed by atoms with van der Waals surface area (Å²) in [7, 11) is 0. The first-order valence-electron chi connectivity index (χ1n) is 7.88. The van der Waals surface area contributed by atoms with Gasteiger partial charge < -0.3 is 10.4 Å². The molecule has 1 amide bonds. The number of aliphatic hydroxyl groups is 1. The van der Waals surface area contributed by atoms with Gasteiger partial charge in [-0.2, -0.15) is 5.10 Å². The fourth-order valence-electron chi connectivity index (χ4n) is 2.94. The maximum absolute atomic E-state index is 12.5. The molecule has 0 saturated carbocycles. The Kier molecular flexibility index (Phi) is 4.82. The van der Waals surface area contributed by atoms with E-state index in [1.807, 2.05) is 28.9 Å². The molecule has 0 spiro atoms. The van der Waals surface area contributed by atoms with Crippen molar-refractivity contribution in [3.05, 3.63) is 45.7 Å². The Labute approximate surface area is 143 Å². The second-order valence-electron chi connectivity index (χ2n) is 5.93. The van der Waals surface area contributed by atoms with Crippen molar-refractivity contribution in [2.24, 2.45) is 0 Å². The van der Waals surface area contributed by atoms with E-state index in [9.17, 15) is 4.79 Å². The van der Waals surface area contributed by atoms with E-state index in [2.05, 4.69) is 26.3 Å². The second kappa shape index (κ2) is 6.84. The zero-order valence-electron chi connectivity index (χ0n) is 13.1. The van der Waals surface area contributed by atoms with Crippen LogP contribution in [0.25, 0.3) is 5.69 Å². The van der Waals surface area contributed by atoms with E-state index >= 15 is 0 Å². The van der Waals surface area contributed by atoms with E-state index in [1.165, 1.54) is 0 Å². The van der Waals surface area contributed by atoms with Crippen molar-refractivity contribution in [1.29, 1.82) is 0 Å². The van der Waals surface area contributed by atoms with Crippen LogP contribution in [0.5, 0.6) is 0 Å². The Hall–Kier alpha value is -1.66. The molecule has 2 aromatic rings. The lowest BCUT2D eigenvalue weighted by Crippen LogP contribution is -2.35. The van der Waals surface area contributed by atoms with Gasteiger partial charge >= 0.3 is 0 Å². The molecule has 1 atom stereocenters. The van der Waals surface area contributed by atoms with Crippen LogP contribution in [-0.2, 0) is 12.8 Å². The van der Waals surface area contributed by atoms with Crippen LogP contribution >= 0.6 is 15.9 Å². The fourth-order valence-corrected chi connectivity index (χ4v) is 3.33. The van der Waals surface area contributed by atoms with E-state index in [1.54, 1.807) is 6.92 Å². The number of carbonyl (C=O) groups excluding carboxylic acids is 1. The lowest BCUT2D eigenvalue weighted by Gasteiger charge is -2.14. The topological polar surface area (TPSA) is 67.2 Å². The molecule has 0 bridgehead atoms. The summed E-state index contributed by atoms with van der Waals surface area (Å²) >= 11 is 3.49. The Bertz CT molecular complexity index is 727. The molecule has 6 heteroatoms. The summed E-state index contributed by atoms with van der Waals surface area (Å²) < 4.78 is 2.87. The average molecular weight is 378 g/mol. The number of nitrogens with zero attached hydrogens (tertiary/aromatic N) is 2. The predicted molar refractivity (Wildman–Crippen MR) is 91.9 cm³/mol. The molecular formula is C17H20BrN3O2. The van der Waals surface area contributed by atoms with Crippen molar-refractivity contribution in [2.75, 3.05) is 6.61 Å². The Morgan fingerprint density at radius 1 is 1.43 bits per heavy atom. The minimum Gasteiger partial charge on any atom is -0.394 e. The molecule has 2 N–H and O–H groups in total. The number of rotatable bonds is 4. The van der Waals surface area contributed by atoms with Gasteiger partial charge in [0, 0.05) is 21.8 Å². The average Bonchev–Trinajstić information content (AvgIpc) is 2.94. The van der Waals surface area contributed by atoms with E-state index in [-0.39, 0.29) is 18.6 Å². The second-order valence-corrected chi connectivity index (χ2v) is 6.85. The summed E-state index contributed by atoms with van der Waals surface area (Å²) in [6.07, 6.45) is 3.99. The number of aromatic nitrogens is 2. The molecule has 0 radical (unpaired) electrons. The van der Waals surface area contributed by atoms with Gasteiger partial charge in [0.15, 0.2) is 5.69 Å². The van der Waals surface area contributed by atoms with Crippen LogP contribution in [0, 0.1) is 0 Å². The number of hydrogen-bond donors (Lipinski definition) is 2. The number of hydrogen-bond acceptors (Lipinski definition) is 3. The van der Waals surface area contributed by atoms with Crippen LogP contribution in [0.2, 0.25) is 0 Å². The summed E-state index contributed by atoms with van der Waals surface area (Å²) in [5.74, 6) is -0.210. The third kappa shape index (κ3) is 3.33. The number of aliphatic hydroxyl groups excluding tert-OH is 1. The third-order valence-electron chi connectivity index (χ3n) is 4.10. The minimum absolute atomic E-state index is 0.0831. The number of carbonyl (C=O) groups is 1. The molecule has 0 fully saturated rings. The fraction of sp³-hybridized carbons (Fsp3) is 0.412. The highest BCUT2D eigenvalue weighted by molar-refractivity contribution is 9.10. The normalized spacial score (nSPS) is 15.1. The third-order valence-corrected chi connectivity index (χ3v) is 4.59. The molecule has 1 aliphatic carbocycles. The predicted octanol–water partition coefficient (Wildman–Crippen LogP) is 2.62. The highest BCUT2D eigenvalue weighted by atomic mass is 79.9. The molecule has 1 aromatic carbocycles. The summed E-state index contributed by atoms with van der Waals surface area (Å²) in [6, 6.07) is 7.64. The standard InChI is InChI=1S/C17H20BrN3O2/c1-11(10-22)19-17(23)16-14-7-2-3-8-15(14)21(20-16)13-6-4-5-12(18)9-13/h4-6,9,11,22H,2-3,7-8,10H2,1H3,(H,19,23). The minimum atomic E-state index is -0.280. The van der Waals surface area contributed by atoms with Gasteiger partial charge in [-0.3, -0.25) is 4.79 Å². The van der Waals surface area contributed by atoms with Crippen molar-refractivity contribution in [3.63, 3.8) is 0 Å². The van der Waals surface area contributed by atoms with Crippen molar-refractivity contribution in [2.45, 2.75) is 38.6 Å².